The molecule has 0 spiro atoms. The van der Waals surface area contributed by atoms with Crippen molar-refractivity contribution in [3.63, 3.8) is 0 Å². The van der Waals surface area contributed by atoms with Crippen LogP contribution >= 0.6 is 11.6 Å². The molecule has 0 fully saturated rings. The monoisotopic (exact) mass is 514 g/mol. The largest absolute Gasteiger partial charge is 0.304 e. The summed E-state index contributed by atoms with van der Waals surface area (Å²) in [6.07, 6.45) is -0.320. The maximum atomic E-state index is 13.8. The predicted molar refractivity (Wildman–Crippen MR) is 124 cm³/mol. The van der Waals surface area contributed by atoms with Crippen molar-refractivity contribution in [2.75, 3.05) is 5.32 Å². The SMILES string of the molecule is O=C(Nc1nn(Cc2ccc(F)cc2)cc1Cl)c1cnn2c(C(F)F)cc(-c3ccc(F)cc3)nc12. The van der Waals surface area contributed by atoms with Crippen LogP contribution in [0.5, 0.6) is 0 Å². The molecule has 5 aromatic rings. The molecular weight excluding hydrogens is 500 g/mol. The van der Waals surface area contributed by atoms with E-state index in [1.54, 1.807) is 12.1 Å². The van der Waals surface area contributed by atoms with Crippen molar-refractivity contribution in [1.82, 2.24) is 24.4 Å². The van der Waals surface area contributed by atoms with E-state index < -0.39 is 23.8 Å². The molecule has 12 heteroatoms. The number of halogens is 5. The molecule has 1 amide bonds. The molecule has 0 unspecified atom stereocenters. The van der Waals surface area contributed by atoms with Crippen LogP contribution in [0.1, 0.15) is 28.0 Å². The first-order valence-electron chi connectivity index (χ1n) is 10.5. The Balaban J connectivity index is 1.46. The highest BCUT2D eigenvalue weighted by Crippen LogP contribution is 2.28. The molecule has 1 N–H and O–H groups in total. The molecule has 182 valence electrons. The van der Waals surface area contributed by atoms with Crippen LogP contribution in [0, 0.1) is 11.6 Å². The highest BCUT2D eigenvalue weighted by atomic mass is 35.5. The normalized spacial score (nSPS) is 11.4. The van der Waals surface area contributed by atoms with Crippen LogP contribution in [0.15, 0.2) is 67.0 Å². The van der Waals surface area contributed by atoms with Crippen molar-refractivity contribution in [1.29, 1.82) is 0 Å². The number of benzene rings is 2. The summed E-state index contributed by atoms with van der Waals surface area (Å²) in [4.78, 5) is 17.4. The Morgan fingerprint density at radius 1 is 1.03 bits per heavy atom. The summed E-state index contributed by atoms with van der Waals surface area (Å²) in [5.41, 5.74) is 0.564. The average Bonchev–Trinajstić information content (AvgIpc) is 3.43. The lowest BCUT2D eigenvalue weighted by molar-refractivity contribution is 0.102. The summed E-state index contributed by atoms with van der Waals surface area (Å²) in [5.74, 6) is -1.55. The van der Waals surface area contributed by atoms with E-state index in [0.29, 0.717) is 5.56 Å². The zero-order chi connectivity index (χ0) is 25.4. The summed E-state index contributed by atoms with van der Waals surface area (Å²) < 4.78 is 56.3. The van der Waals surface area contributed by atoms with E-state index in [1.165, 1.54) is 47.3 Å². The number of anilines is 1. The van der Waals surface area contributed by atoms with Gasteiger partial charge in [0.1, 0.15) is 27.9 Å². The van der Waals surface area contributed by atoms with Crippen molar-refractivity contribution < 1.29 is 22.4 Å². The second-order valence-electron chi connectivity index (χ2n) is 7.77. The minimum Gasteiger partial charge on any atom is -0.304 e. The number of rotatable bonds is 6. The molecule has 0 radical (unpaired) electrons. The number of fused-ring (bicyclic) bond motifs is 1. The second kappa shape index (κ2) is 9.42. The number of nitrogens with one attached hydrogen (secondary N) is 1. The van der Waals surface area contributed by atoms with E-state index in [2.05, 4.69) is 20.5 Å². The van der Waals surface area contributed by atoms with Gasteiger partial charge in [0.25, 0.3) is 12.3 Å². The van der Waals surface area contributed by atoms with Crippen LogP contribution in [0.3, 0.4) is 0 Å². The summed E-state index contributed by atoms with van der Waals surface area (Å²) in [5, 5.41) is 10.8. The van der Waals surface area contributed by atoms with Crippen molar-refractivity contribution >= 4 is 29.0 Å². The highest BCUT2D eigenvalue weighted by molar-refractivity contribution is 6.33. The summed E-state index contributed by atoms with van der Waals surface area (Å²) in [6.45, 7) is 0.271. The van der Waals surface area contributed by atoms with E-state index in [1.807, 2.05) is 0 Å². The third-order valence-electron chi connectivity index (χ3n) is 5.31. The molecule has 2 aromatic carbocycles. The van der Waals surface area contributed by atoms with E-state index >= 15 is 0 Å². The van der Waals surface area contributed by atoms with Gasteiger partial charge in [0, 0.05) is 11.8 Å². The third kappa shape index (κ3) is 4.65. The minimum absolute atomic E-state index is 0.0342. The van der Waals surface area contributed by atoms with Gasteiger partial charge in [-0.3, -0.25) is 9.48 Å². The first-order valence-corrected chi connectivity index (χ1v) is 10.9. The van der Waals surface area contributed by atoms with E-state index in [0.717, 1.165) is 22.3 Å². The quantitative estimate of drug-likeness (QED) is 0.292. The number of hydrogen-bond acceptors (Lipinski definition) is 4. The van der Waals surface area contributed by atoms with Gasteiger partial charge < -0.3 is 5.32 Å². The number of nitrogens with zero attached hydrogens (tertiary/aromatic N) is 5. The van der Waals surface area contributed by atoms with Crippen molar-refractivity contribution in [2.45, 2.75) is 13.0 Å². The maximum Gasteiger partial charge on any atom is 0.280 e. The van der Waals surface area contributed by atoms with Crippen LogP contribution < -0.4 is 5.32 Å². The van der Waals surface area contributed by atoms with Crippen LogP contribution in [-0.2, 0) is 6.54 Å². The van der Waals surface area contributed by atoms with E-state index in [-0.39, 0.29) is 40.1 Å². The molecule has 0 atom stereocenters. The lowest BCUT2D eigenvalue weighted by Crippen LogP contribution is -2.14. The molecule has 3 heterocycles. The fourth-order valence-corrected chi connectivity index (χ4v) is 3.78. The molecular formula is C24H15ClF4N6O. The highest BCUT2D eigenvalue weighted by Gasteiger charge is 2.23. The van der Waals surface area contributed by atoms with Gasteiger partial charge in [-0.1, -0.05) is 23.7 Å². The molecule has 0 saturated carbocycles. The molecule has 0 bridgehead atoms. The summed E-state index contributed by atoms with van der Waals surface area (Å²) in [7, 11) is 0. The number of aromatic nitrogens is 5. The molecule has 5 rings (SSSR count). The summed E-state index contributed by atoms with van der Waals surface area (Å²) >= 11 is 6.22. The van der Waals surface area contributed by atoms with Gasteiger partial charge >= 0.3 is 0 Å². The smallest absolute Gasteiger partial charge is 0.280 e. The van der Waals surface area contributed by atoms with Gasteiger partial charge in [0.2, 0.25) is 0 Å². The number of hydrogen-bond donors (Lipinski definition) is 1. The number of carbonyl (C=O) groups excluding carboxylic acids is 1. The molecule has 0 aliphatic heterocycles. The molecule has 3 aromatic heterocycles. The van der Waals surface area contributed by atoms with Crippen LogP contribution in [0.4, 0.5) is 23.4 Å². The van der Waals surface area contributed by atoms with Gasteiger partial charge in [0.05, 0.1) is 18.4 Å². The van der Waals surface area contributed by atoms with Crippen LogP contribution in [0.25, 0.3) is 16.9 Å². The zero-order valence-electron chi connectivity index (χ0n) is 18.2. The molecule has 0 saturated heterocycles. The number of carbonyl (C=O) groups is 1. The lowest BCUT2D eigenvalue weighted by Gasteiger charge is -2.08. The topological polar surface area (TPSA) is 77.1 Å². The molecule has 0 aliphatic carbocycles. The van der Waals surface area contributed by atoms with Gasteiger partial charge in [-0.2, -0.15) is 10.2 Å². The second-order valence-corrected chi connectivity index (χ2v) is 8.18. The standard InChI is InChI=1S/C24H15ClF4N6O/c25-18-12-34(11-13-1-5-15(26)6-2-13)33-22(18)32-24(36)17-10-30-35-20(21(28)29)9-19(31-23(17)35)14-3-7-16(27)8-4-14/h1-10,12,21H,11H2,(H,32,33,36). The van der Waals surface area contributed by atoms with Crippen molar-refractivity contribution in [2.24, 2.45) is 0 Å². The molecule has 0 aliphatic rings. The molecule has 36 heavy (non-hydrogen) atoms. The van der Waals surface area contributed by atoms with Crippen molar-refractivity contribution in [3.05, 3.63) is 100 Å². The average molecular weight is 515 g/mol. The first kappa shape index (κ1) is 23.5. The predicted octanol–water partition coefficient (Wildman–Crippen LogP) is 5.76. The Morgan fingerprint density at radius 2 is 1.69 bits per heavy atom. The van der Waals surface area contributed by atoms with Gasteiger partial charge in [-0.15, -0.1) is 0 Å². The van der Waals surface area contributed by atoms with Gasteiger partial charge in [0.15, 0.2) is 11.5 Å². The Kier molecular flexibility index (Phi) is 6.15. The fourth-order valence-electron chi connectivity index (χ4n) is 3.58. The van der Waals surface area contributed by atoms with E-state index in [9.17, 15) is 22.4 Å². The summed E-state index contributed by atoms with van der Waals surface area (Å²) in [6, 6.07) is 12.1. The Morgan fingerprint density at radius 3 is 2.36 bits per heavy atom. The fraction of sp³-hybridized carbons (Fsp3) is 0.0833. The van der Waals surface area contributed by atoms with E-state index in [4.69, 9.17) is 11.6 Å². The third-order valence-corrected chi connectivity index (χ3v) is 5.59. The van der Waals surface area contributed by atoms with Gasteiger partial charge in [-0.25, -0.2) is 27.1 Å². The minimum atomic E-state index is -2.91. The Hall–Kier alpha value is -4.25. The number of amides is 1. The molecule has 7 nitrogen and oxygen atoms in total. The lowest BCUT2D eigenvalue weighted by atomic mass is 10.1. The number of alkyl halides is 2. The Bertz CT molecular complexity index is 1560. The Labute approximate surface area is 206 Å². The zero-order valence-corrected chi connectivity index (χ0v) is 18.9. The maximum absolute atomic E-state index is 13.8. The van der Waals surface area contributed by atoms with Crippen LogP contribution in [0.2, 0.25) is 5.02 Å². The van der Waals surface area contributed by atoms with Gasteiger partial charge in [-0.05, 0) is 48.0 Å². The van der Waals surface area contributed by atoms with Crippen LogP contribution in [-0.4, -0.2) is 30.3 Å². The van der Waals surface area contributed by atoms with Crippen molar-refractivity contribution in [3.8, 4) is 11.3 Å². The first-order chi connectivity index (χ1) is 17.3.